The Morgan fingerprint density at radius 3 is 2.90 bits per heavy atom. The van der Waals surface area contributed by atoms with Gasteiger partial charge in [-0.2, -0.15) is 0 Å². The summed E-state index contributed by atoms with van der Waals surface area (Å²) in [4.78, 5) is 26.0. The lowest BCUT2D eigenvalue weighted by atomic mass is 10.3. The van der Waals surface area contributed by atoms with Crippen LogP contribution in [0.3, 0.4) is 0 Å². The standard InChI is InChI=1S/C22H24N6O2S/c1-13-10-28-12-16(9-17(30-3)20(28)24-13)25-21(29)18-8-14-4-5-19(26-22(14)31-18)27-7-6-15(11-27)23-2/h4-5,8-10,12,15,23H,6-7,11H2,1-3H3,(H,25,29)/t15-/m1/s1. The van der Waals surface area contributed by atoms with Crippen LogP contribution in [-0.4, -0.2) is 53.6 Å². The fourth-order valence-corrected chi connectivity index (χ4v) is 4.92. The van der Waals surface area contributed by atoms with Gasteiger partial charge in [0.05, 0.1) is 23.4 Å². The summed E-state index contributed by atoms with van der Waals surface area (Å²) in [6.07, 6.45) is 4.85. The molecule has 31 heavy (non-hydrogen) atoms. The third kappa shape index (κ3) is 3.70. The molecule has 0 spiro atoms. The first-order chi connectivity index (χ1) is 15.0. The van der Waals surface area contributed by atoms with Crippen LogP contribution in [-0.2, 0) is 0 Å². The number of aromatic nitrogens is 3. The number of nitrogens with zero attached hydrogens (tertiary/aromatic N) is 4. The van der Waals surface area contributed by atoms with E-state index in [1.165, 1.54) is 11.3 Å². The van der Waals surface area contributed by atoms with E-state index >= 15 is 0 Å². The van der Waals surface area contributed by atoms with Crippen molar-refractivity contribution in [3.8, 4) is 5.75 Å². The summed E-state index contributed by atoms with van der Waals surface area (Å²) in [7, 11) is 3.59. The summed E-state index contributed by atoms with van der Waals surface area (Å²) in [5.41, 5.74) is 2.25. The van der Waals surface area contributed by atoms with Gasteiger partial charge in [0.25, 0.3) is 5.91 Å². The van der Waals surface area contributed by atoms with Crippen molar-refractivity contribution in [2.45, 2.75) is 19.4 Å². The summed E-state index contributed by atoms with van der Waals surface area (Å²) in [6.45, 7) is 3.86. The molecule has 1 aliphatic rings. The number of nitrogens with one attached hydrogen (secondary N) is 2. The van der Waals surface area contributed by atoms with Gasteiger partial charge in [0.15, 0.2) is 11.4 Å². The minimum Gasteiger partial charge on any atom is -0.493 e. The van der Waals surface area contributed by atoms with Crippen molar-refractivity contribution in [2.24, 2.45) is 0 Å². The number of carbonyl (C=O) groups is 1. The van der Waals surface area contributed by atoms with Crippen molar-refractivity contribution in [1.82, 2.24) is 19.7 Å². The SMILES string of the molecule is CN[C@@H]1CCN(c2ccc3cc(C(=O)Nc4cc(OC)c5nc(C)cn5c4)sc3n2)C1. The first-order valence-corrected chi connectivity index (χ1v) is 11.0. The maximum atomic E-state index is 12.9. The van der Waals surface area contributed by atoms with Gasteiger partial charge in [-0.15, -0.1) is 11.3 Å². The molecule has 0 unspecified atom stereocenters. The number of imidazole rings is 1. The zero-order valence-electron chi connectivity index (χ0n) is 17.7. The van der Waals surface area contributed by atoms with Gasteiger partial charge in [0.1, 0.15) is 10.6 Å². The van der Waals surface area contributed by atoms with Crippen LogP contribution in [0.5, 0.6) is 5.75 Å². The number of anilines is 2. The molecule has 9 heteroatoms. The number of hydrogen-bond donors (Lipinski definition) is 2. The highest BCUT2D eigenvalue weighted by Gasteiger charge is 2.22. The van der Waals surface area contributed by atoms with E-state index in [2.05, 4.69) is 20.5 Å². The molecule has 1 aliphatic heterocycles. The van der Waals surface area contributed by atoms with Gasteiger partial charge in [0.2, 0.25) is 0 Å². The van der Waals surface area contributed by atoms with Gasteiger partial charge in [-0.25, -0.2) is 9.97 Å². The predicted molar refractivity (Wildman–Crippen MR) is 124 cm³/mol. The van der Waals surface area contributed by atoms with Crippen LogP contribution in [0.25, 0.3) is 15.9 Å². The van der Waals surface area contributed by atoms with Crippen molar-refractivity contribution in [3.05, 3.63) is 47.2 Å². The van der Waals surface area contributed by atoms with E-state index in [0.717, 1.165) is 46.9 Å². The molecule has 8 nitrogen and oxygen atoms in total. The van der Waals surface area contributed by atoms with Gasteiger partial charge in [-0.05, 0) is 38.6 Å². The highest BCUT2D eigenvalue weighted by molar-refractivity contribution is 7.20. The molecule has 0 aliphatic carbocycles. The molecule has 0 saturated carbocycles. The second-order valence-electron chi connectivity index (χ2n) is 7.76. The molecule has 160 valence electrons. The maximum Gasteiger partial charge on any atom is 0.265 e. The molecule has 4 aromatic rings. The highest BCUT2D eigenvalue weighted by atomic mass is 32.1. The van der Waals surface area contributed by atoms with Gasteiger partial charge in [-0.3, -0.25) is 4.79 Å². The lowest BCUT2D eigenvalue weighted by molar-refractivity contribution is 0.103. The molecule has 4 aromatic heterocycles. The molecule has 1 saturated heterocycles. The third-order valence-electron chi connectivity index (χ3n) is 5.63. The average molecular weight is 437 g/mol. The third-order valence-corrected chi connectivity index (χ3v) is 6.67. The topological polar surface area (TPSA) is 83.8 Å². The van der Waals surface area contributed by atoms with Crippen molar-refractivity contribution in [3.63, 3.8) is 0 Å². The molecule has 1 atom stereocenters. The van der Waals surface area contributed by atoms with E-state index in [-0.39, 0.29) is 5.91 Å². The number of carbonyl (C=O) groups excluding carboxylic acids is 1. The number of aryl methyl sites for hydroxylation is 1. The minimum absolute atomic E-state index is 0.167. The van der Waals surface area contributed by atoms with Crippen LogP contribution in [0, 0.1) is 6.92 Å². The summed E-state index contributed by atoms with van der Waals surface area (Å²) < 4.78 is 7.30. The lowest BCUT2D eigenvalue weighted by Crippen LogP contribution is -2.29. The molecule has 0 aromatic carbocycles. The molecular weight excluding hydrogens is 412 g/mol. The summed E-state index contributed by atoms with van der Waals surface area (Å²) in [5, 5.41) is 7.28. The minimum atomic E-state index is -0.167. The lowest BCUT2D eigenvalue weighted by Gasteiger charge is -2.17. The van der Waals surface area contributed by atoms with E-state index in [4.69, 9.17) is 9.72 Å². The first-order valence-electron chi connectivity index (χ1n) is 10.2. The number of methoxy groups -OCH3 is 1. The Morgan fingerprint density at radius 2 is 2.13 bits per heavy atom. The first kappa shape index (κ1) is 19.8. The molecule has 0 bridgehead atoms. The number of likely N-dealkylation sites (N-methyl/N-ethyl adjacent to an activating group) is 1. The van der Waals surface area contributed by atoms with Crippen LogP contribution in [0.4, 0.5) is 11.5 Å². The second kappa shape index (κ2) is 7.82. The van der Waals surface area contributed by atoms with Crippen LogP contribution in [0.15, 0.2) is 36.7 Å². The molecule has 5 heterocycles. The fraction of sp³-hybridized carbons (Fsp3) is 0.318. The number of fused-ring (bicyclic) bond motifs is 2. The number of hydrogen-bond acceptors (Lipinski definition) is 7. The normalized spacial score (nSPS) is 16.4. The van der Waals surface area contributed by atoms with E-state index < -0.39 is 0 Å². The molecule has 5 rings (SSSR count). The number of ether oxygens (including phenoxy) is 1. The quantitative estimate of drug-likeness (QED) is 0.499. The summed E-state index contributed by atoms with van der Waals surface area (Å²) >= 11 is 1.41. The van der Waals surface area contributed by atoms with Crippen molar-refractivity contribution in [2.75, 3.05) is 37.5 Å². The van der Waals surface area contributed by atoms with Gasteiger partial charge in [0, 0.05) is 43.0 Å². The molecule has 1 amide bonds. The Balaban J connectivity index is 1.39. The number of amides is 1. The van der Waals surface area contributed by atoms with Crippen LogP contribution in [0.2, 0.25) is 0 Å². The monoisotopic (exact) mass is 436 g/mol. The average Bonchev–Trinajstić information content (AvgIpc) is 3.49. The summed E-state index contributed by atoms with van der Waals surface area (Å²) in [5.74, 6) is 1.41. The Kier molecular flexibility index (Phi) is 4.99. The number of thiophene rings is 1. The van der Waals surface area contributed by atoms with Gasteiger partial charge >= 0.3 is 0 Å². The van der Waals surface area contributed by atoms with Crippen molar-refractivity contribution >= 4 is 44.6 Å². The smallest absolute Gasteiger partial charge is 0.265 e. The predicted octanol–water partition coefficient (Wildman–Crippen LogP) is 3.31. The van der Waals surface area contributed by atoms with Crippen molar-refractivity contribution in [1.29, 1.82) is 0 Å². The molecule has 1 fully saturated rings. The van der Waals surface area contributed by atoms with E-state index in [0.29, 0.717) is 22.4 Å². The fourth-order valence-electron chi connectivity index (χ4n) is 4.00. The van der Waals surface area contributed by atoms with Gasteiger partial charge in [-0.1, -0.05) is 0 Å². The zero-order valence-corrected chi connectivity index (χ0v) is 18.5. The molecule has 0 radical (unpaired) electrons. The molecule has 2 N–H and O–H groups in total. The van der Waals surface area contributed by atoms with E-state index in [1.54, 1.807) is 13.2 Å². The Hall–Kier alpha value is -3.17. The van der Waals surface area contributed by atoms with Crippen LogP contribution < -0.4 is 20.3 Å². The van der Waals surface area contributed by atoms with Crippen molar-refractivity contribution < 1.29 is 9.53 Å². The second-order valence-corrected chi connectivity index (χ2v) is 8.79. The van der Waals surface area contributed by atoms with Crippen LogP contribution >= 0.6 is 11.3 Å². The highest BCUT2D eigenvalue weighted by Crippen LogP contribution is 2.29. The van der Waals surface area contributed by atoms with E-state index in [1.807, 2.05) is 49.0 Å². The zero-order chi connectivity index (χ0) is 21.5. The van der Waals surface area contributed by atoms with E-state index in [9.17, 15) is 4.79 Å². The number of rotatable bonds is 5. The van der Waals surface area contributed by atoms with Crippen LogP contribution in [0.1, 0.15) is 21.8 Å². The summed E-state index contributed by atoms with van der Waals surface area (Å²) in [6, 6.07) is 8.25. The maximum absolute atomic E-state index is 12.9. The Bertz CT molecular complexity index is 1280. The Labute approximate surface area is 183 Å². The van der Waals surface area contributed by atoms with Gasteiger partial charge < -0.3 is 24.7 Å². The Morgan fingerprint density at radius 1 is 1.26 bits per heavy atom. The largest absolute Gasteiger partial charge is 0.493 e. The molecular formula is C22H24N6O2S. The number of pyridine rings is 2.